The van der Waals surface area contributed by atoms with Gasteiger partial charge in [-0.25, -0.2) is 13.4 Å². The van der Waals surface area contributed by atoms with Gasteiger partial charge in [0.25, 0.3) is 9.05 Å². The number of H-pyrrole nitrogens is 1. The van der Waals surface area contributed by atoms with E-state index in [-0.39, 0.29) is 4.90 Å². The predicted octanol–water partition coefficient (Wildman–Crippen LogP) is 1.40. The maximum absolute atomic E-state index is 11.3. The molecule has 0 fully saturated rings. The van der Waals surface area contributed by atoms with E-state index in [9.17, 15) is 8.42 Å². The minimum Gasteiger partial charge on any atom is -0.259 e. The summed E-state index contributed by atoms with van der Waals surface area (Å²) in [5.74, 6) is 0.370. The topological polar surface area (TPSA) is 75.7 Å². The maximum Gasteiger partial charge on any atom is 0.262 e. The summed E-state index contributed by atoms with van der Waals surface area (Å²) >= 11 is 0. The maximum atomic E-state index is 11.3. The van der Waals surface area contributed by atoms with Gasteiger partial charge in [-0.05, 0) is 12.1 Å². The molecule has 0 bridgehead atoms. The number of nitrogens with zero attached hydrogens (tertiary/aromatic N) is 2. The normalized spacial score (nSPS) is 11.5. The molecule has 1 heterocycles. The highest BCUT2D eigenvalue weighted by Gasteiger charge is 2.17. The Morgan fingerprint density at radius 1 is 1.27 bits per heavy atom. The molecule has 0 radical (unpaired) electrons. The molecule has 2 aromatic rings. The zero-order chi connectivity index (χ0) is 10.9. The summed E-state index contributed by atoms with van der Waals surface area (Å²) < 4.78 is 22.5. The summed E-state index contributed by atoms with van der Waals surface area (Å²) in [6, 6.07) is 6.31. The first-order valence-corrected chi connectivity index (χ1v) is 6.29. The van der Waals surface area contributed by atoms with Crippen LogP contribution in [0.1, 0.15) is 0 Å². The molecule has 15 heavy (non-hydrogen) atoms. The average molecular weight is 244 g/mol. The van der Waals surface area contributed by atoms with Gasteiger partial charge in [-0.3, -0.25) is 5.10 Å². The van der Waals surface area contributed by atoms with Crippen molar-refractivity contribution in [3.63, 3.8) is 0 Å². The SMILES string of the molecule is O=S(=O)(Cl)c1ccccc1-c1ncn[nH]1. The number of aromatic nitrogens is 3. The lowest BCUT2D eigenvalue weighted by Crippen LogP contribution is -1.95. The summed E-state index contributed by atoms with van der Waals surface area (Å²) in [6.45, 7) is 0. The second kappa shape index (κ2) is 3.63. The van der Waals surface area contributed by atoms with E-state index in [0.29, 0.717) is 11.4 Å². The van der Waals surface area contributed by atoms with Gasteiger partial charge in [-0.2, -0.15) is 5.10 Å². The Morgan fingerprint density at radius 2 is 2.00 bits per heavy atom. The molecule has 0 aliphatic heterocycles. The molecule has 0 amide bonds. The Bertz CT molecular complexity index is 565. The lowest BCUT2D eigenvalue weighted by molar-refractivity contribution is 0.610. The first kappa shape index (κ1) is 10.1. The van der Waals surface area contributed by atoms with Crippen LogP contribution in [0.4, 0.5) is 0 Å². The Balaban J connectivity index is 2.68. The quantitative estimate of drug-likeness (QED) is 0.809. The molecule has 0 aliphatic carbocycles. The Kier molecular flexibility index (Phi) is 2.45. The van der Waals surface area contributed by atoms with Gasteiger partial charge >= 0.3 is 0 Å². The van der Waals surface area contributed by atoms with E-state index in [1.54, 1.807) is 18.2 Å². The molecule has 0 atom stereocenters. The van der Waals surface area contributed by atoms with Crippen LogP contribution in [0.2, 0.25) is 0 Å². The van der Waals surface area contributed by atoms with Crippen molar-refractivity contribution in [3.8, 4) is 11.4 Å². The van der Waals surface area contributed by atoms with Crippen molar-refractivity contribution in [2.45, 2.75) is 4.90 Å². The van der Waals surface area contributed by atoms with E-state index in [1.165, 1.54) is 12.4 Å². The zero-order valence-corrected chi connectivity index (χ0v) is 8.96. The summed E-state index contributed by atoms with van der Waals surface area (Å²) in [5, 5.41) is 6.23. The number of hydrogen-bond donors (Lipinski definition) is 1. The number of aromatic amines is 1. The van der Waals surface area contributed by atoms with Gasteiger partial charge in [0.15, 0.2) is 5.82 Å². The molecule has 1 aromatic heterocycles. The summed E-state index contributed by atoms with van der Waals surface area (Å²) in [6.07, 6.45) is 1.30. The van der Waals surface area contributed by atoms with E-state index >= 15 is 0 Å². The molecule has 7 heteroatoms. The molecule has 1 aromatic carbocycles. The first-order valence-electron chi connectivity index (χ1n) is 3.98. The van der Waals surface area contributed by atoms with Crippen LogP contribution < -0.4 is 0 Å². The Hall–Kier alpha value is -1.40. The van der Waals surface area contributed by atoms with Crippen LogP contribution in [0.5, 0.6) is 0 Å². The van der Waals surface area contributed by atoms with Crippen molar-refractivity contribution >= 4 is 19.7 Å². The number of halogens is 1. The largest absolute Gasteiger partial charge is 0.262 e. The molecule has 0 aliphatic rings. The molecule has 0 spiro atoms. The lowest BCUT2D eigenvalue weighted by Gasteiger charge is -2.02. The number of hydrogen-bond acceptors (Lipinski definition) is 4. The Morgan fingerprint density at radius 3 is 2.60 bits per heavy atom. The number of benzene rings is 1. The predicted molar refractivity (Wildman–Crippen MR) is 54.9 cm³/mol. The van der Waals surface area contributed by atoms with Gasteiger partial charge < -0.3 is 0 Å². The molecule has 0 saturated heterocycles. The van der Waals surface area contributed by atoms with Crippen LogP contribution in [-0.2, 0) is 9.05 Å². The fourth-order valence-electron chi connectivity index (χ4n) is 1.21. The lowest BCUT2D eigenvalue weighted by atomic mass is 10.2. The smallest absolute Gasteiger partial charge is 0.259 e. The summed E-state index contributed by atoms with van der Waals surface area (Å²) in [4.78, 5) is 3.89. The van der Waals surface area contributed by atoms with Crippen LogP contribution in [0.3, 0.4) is 0 Å². The van der Waals surface area contributed by atoms with Gasteiger partial charge in [0, 0.05) is 16.2 Å². The van der Waals surface area contributed by atoms with Gasteiger partial charge in [0.05, 0.1) is 4.90 Å². The number of nitrogens with one attached hydrogen (secondary N) is 1. The third kappa shape index (κ3) is 2.00. The summed E-state index contributed by atoms with van der Waals surface area (Å²) in [5.41, 5.74) is 0.407. The van der Waals surface area contributed by atoms with E-state index in [0.717, 1.165) is 0 Å². The third-order valence-corrected chi connectivity index (χ3v) is 3.20. The van der Waals surface area contributed by atoms with Gasteiger partial charge in [-0.15, -0.1) is 0 Å². The van der Waals surface area contributed by atoms with Crippen LogP contribution >= 0.6 is 10.7 Å². The molecule has 2 rings (SSSR count). The molecular weight excluding hydrogens is 238 g/mol. The van der Waals surface area contributed by atoms with Crippen molar-refractivity contribution in [1.29, 1.82) is 0 Å². The molecular formula is C8H6ClN3O2S. The van der Waals surface area contributed by atoms with Crippen LogP contribution in [-0.4, -0.2) is 23.6 Å². The van der Waals surface area contributed by atoms with Crippen LogP contribution in [0, 0.1) is 0 Å². The average Bonchev–Trinajstić information content (AvgIpc) is 2.69. The van der Waals surface area contributed by atoms with Crippen molar-refractivity contribution < 1.29 is 8.42 Å². The van der Waals surface area contributed by atoms with E-state index in [4.69, 9.17) is 10.7 Å². The van der Waals surface area contributed by atoms with Crippen molar-refractivity contribution in [2.75, 3.05) is 0 Å². The van der Waals surface area contributed by atoms with E-state index in [1.807, 2.05) is 0 Å². The molecule has 78 valence electrons. The zero-order valence-electron chi connectivity index (χ0n) is 7.38. The van der Waals surface area contributed by atoms with Gasteiger partial charge in [-0.1, -0.05) is 12.1 Å². The van der Waals surface area contributed by atoms with Gasteiger partial charge in [0.2, 0.25) is 0 Å². The fraction of sp³-hybridized carbons (Fsp3) is 0. The molecule has 0 unspecified atom stereocenters. The first-order chi connectivity index (χ1) is 7.09. The monoisotopic (exact) mass is 243 g/mol. The summed E-state index contributed by atoms with van der Waals surface area (Å²) in [7, 11) is 1.52. The standard InChI is InChI=1S/C8H6ClN3O2S/c9-15(13,14)7-4-2-1-3-6(7)8-10-5-11-12-8/h1-5H,(H,10,11,12). The van der Waals surface area contributed by atoms with E-state index < -0.39 is 9.05 Å². The van der Waals surface area contributed by atoms with Gasteiger partial charge in [0.1, 0.15) is 6.33 Å². The highest BCUT2D eigenvalue weighted by atomic mass is 35.7. The Labute approximate surface area is 90.5 Å². The molecule has 1 N–H and O–H groups in total. The highest BCUT2D eigenvalue weighted by molar-refractivity contribution is 8.13. The minimum atomic E-state index is -3.78. The van der Waals surface area contributed by atoms with Crippen molar-refractivity contribution in [3.05, 3.63) is 30.6 Å². The molecule has 0 saturated carbocycles. The van der Waals surface area contributed by atoms with Crippen LogP contribution in [0.25, 0.3) is 11.4 Å². The van der Waals surface area contributed by atoms with E-state index in [2.05, 4.69) is 15.2 Å². The molecule has 5 nitrogen and oxygen atoms in total. The minimum absolute atomic E-state index is 0.0171. The highest BCUT2D eigenvalue weighted by Crippen LogP contribution is 2.26. The second-order valence-electron chi connectivity index (χ2n) is 2.77. The second-order valence-corrected chi connectivity index (χ2v) is 5.30. The van der Waals surface area contributed by atoms with Crippen molar-refractivity contribution in [2.24, 2.45) is 0 Å². The fourth-order valence-corrected chi connectivity index (χ4v) is 2.28. The van der Waals surface area contributed by atoms with Crippen molar-refractivity contribution in [1.82, 2.24) is 15.2 Å². The number of rotatable bonds is 2. The van der Waals surface area contributed by atoms with Crippen LogP contribution in [0.15, 0.2) is 35.5 Å². The third-order valence-electron chi connectivity index (χ3n) is 1.82.